The zero-order chi connectivity index (χ0) is 9.19. The van der Waals surface area contributed by atoms with Gasteiger partial charge in [-0.1, -0.05) is 0 Å². The third kappa shape index (κ3) is 2.31. The zero-order valence-corrected chi connectivity index (χ0v) is 7.58. The predicted octanol–water partition coefficient (Wildman–Crippen LogP) is -0.308. The molecule has 12 heavy (non-hydrogen) atoms. The molecule has 1 heterocycles. The Bertz CT molecular complexity index is 355. The van der Waals surface area contributed by atoms with Crippen molar-refractivity contribution in [2.75, 3.05) is 0 Å². The summed E-state index contributed by atoms with van der Waals surface area (Å²) in [5.41, 5.74) is 0.625. The highest BCUT2D eigenvalue weighted by Crippen LogP contribution is 2.02. The van der Waals surface area contributed by atoms with Crippen molar-refractivity contribution >= 4 is 10.0 Å². The third-order valence-electron chi connectivity index (χ3n) is 1.45. The lowest BCUT2D eigenvalue weighted by atomic mass is 10.5. The van der Waals surface area contributed by atoms with Crippen LogP contribution in [0, 0.1) is 0 Å². The van der Waals surface area contributed by atoms with Gasteiger partial charge in [0.15, 0.2) is 0 Å². The molecule has 1 aromatic heterocycles. The second-order valence-corrected chi connectivity index (χ2v) is 4.06. The molecule has 0 atom stereocenters. The van der Waals surface area contributed by atoms with Gasteiger partial charge in [0.25, 0.3) is 0 Å². The maximum atomic E-state index is 10.7. The molecule has 0 aromatic carbocycles. The molecule has 0 radical (unpaired) electrons. The number of nitrogens with zero attached hydrogens (tertiary/aromatic N) is 2. The SMILES string of the molecule is CCn1nccc1CS(N)(=O)=O. The van der Waals surface area contributed by atoms with Crippen LogP contribution in [-0.4, -0.2) is 18.2 Å². The van der Waals surface area contributed by atoms with Gasteiger partial charge >= 0.3 is 0 Å². The summed E-state index contributed by atoms with van der Waals surface area (Å²) in [6.45, 7) is 2.54. The fourth-order valence-electron chi connectivity index (χ4n) is 0.974. The van der Waals surface area contributed by atoms with E-state index in [-0.39, 0.29) is 5.75 Å². The van der Waals surface area contributed by atoms with Crippen LogP contribution >= 0.6 is 0 Å². The average Bonchev–Trinajstić information content (AvgIpc) is 2.31. The smallest absolute Gasteiger partial charge is 0.214 e. The molecule has 0 aliphatic heterocycles. The first-order valence-corrected chi connectivity index (χ1v) is 5.25. The summed E-state index contributed by atoms with van der Waals surface area (Å²) < 4.78 is 23.0. The number of primary sulfonamides is 1. The van der Waals surface area contributed by atoms with Crippen molar-refractivity contribution in [3.05, 3.63) is 18.0 Å². The first-order valence-electron chi connectivity index (χ1n) is 3.54. The molecule has 0 bridgehead atoms. The molecule has 0 spiro atoms. The molecule has 68 valence electrons. The first-order chi connectivity index (χ1) is 5.53. The lowest BCUT2D eigenvalue weighted by Gasteiger charge is -2.01. The molecule has 0 saturated heterocycles. The molecule has 0 aliphatic carbocycles. The number of aromatic nitrogens is 2. The lowest BCUT2D eigenvalue weighted by Crippen LogP contribution is -2.17. The van der Waals surface area contributed by atoms with Gasteiger partial charge < -0.3 is 0 Å². The molecule has 0 saturated carbocycles. The van der Waals surface area contributed by atoms with E-state index in [4.69, 9.17) is 5.14 Å². The van der Waals surface area contributed by atoms with Crippen molar-refractivity contribution in [3.63, 3.8) is 0 Å². The van der Waals surface area contributed by atoms with E-state index < -0.39 is 10.0 Å². The Labute approximate surface area is 71.2 Å². The standard InChI is InChI=1S/C6H11N3O2S/c1-2-9-6(3-4-8-9)5-12(7,10)11/h3-4H,2,5H2,1H3,(H2,7,10,11). The van der Waals surface area contributed by atoms with Crippen LogP contribution in [-0.2, 0) is 22.3 Å². The lowest BCUT2D eigenvalue weighted by molar-refractivity contribution is 0.588. The highest BCUT2D eigenvalue weighted by Gasteiger charge is 2.08. The van der Waals surface area contributed by atoms with Crippen molar-refractivity contribution in [1.82, 2.24) is 9.78 Å². The molecule has 1 rings (SSSR count). The minimum absolute atomic E-state index is 0.152. The summed E-state index contributed by atoms with van der Waals surface area (Å²) in [6, 6.07) is 1.65. The molecule has 0 aliphatic rings. The van der Waals surface area contributed by atoms with Gasteiger partial charge in [0, 0.05) is 12.7 Å². The summed E-state index contributed by atoms with van der Waals surface area (Å²) in [5, 5.41) is 8.80. The molecule has 0 fully saturated rings. The van der Waals surface area contributed by atoms with Crippen LogP contribution in [0.5, 0.6) is 0 Å². The third-order valence-corrected chi connectivity index (χ3v) is 2.15. The van der Waals surface area contributed by atoms with Crippen LogP contribution < -0.4 is 5.14 Å². The molecule has 0 unspecified atom stereocenters. The Morgan fingerprint density at radius 2 is 2.33 bits per heavy atom. The van der Waals surface area contributed by atoms with Gasteiger partial charge in [-0.25, -0.2) is 13.6 Å². The Morgan fingerprint density at radius 3 is 2.83 bits per heavy atom. The van der Waals surface area contributed by atoms with Gasteiger partial charge in [-0.3, -0.25) is 4.68 Å². The Balaban J connectivity index is 2.89. The number of rotatable bonds is 3. The summed E-state index contributed by atoms with van der Waals surface area (Å²) in [6.07, 6.45) is 1.56. The maximum absolute atomic E-state index is 10.7. The van der Waals surface area contributed by atoms with Crippen LogP contribution in [0.15, 0.2) is 12.3 Å². The van der Waals surface area contributed by atoms with E-state index in [0.29, 0.717) is 12.2 Å². The van der Waals surface area contributed by atoms with Gasteiger partial charge in [0.05, 0.1) is 5.69 Å². The van der Waals surface area contributed by atoms with E-state index >= 15 is 0 Å². The molecule has 6 heteroatoms. The largest absolute Gasteiger partial charge is 0.269 e. The van der Waals surface area contributed by atoms with E-state index in [0.717, 1.165) is 0 Å². The highest BCUT2D eigenvalue weighted by atomic mass is 32.2. The average molecular weight is 189 g/mol. The number of sulfonamides is 1. The highest BCUT2D eigenvalue weighted by molar-refractivity contribution is 7.88. The summed E-state index contributed by atoms with van der Waals surface area (Å²) in [7, 11) is -3.44. The van der Waals surface area contributed by atoms with Gasteiger partial charge in [0.2, 0.25) is 10.0 Å². The minimum atomic E-state index is -3.44. The van der Waals surface area contributed by atoms with E-state index in [1.54, 1.807) is 16.9 Å². The number of hydrogen-bond donors (Lipinski definition) is 1. The van der Waals surface area contributed by atoms with Gasteiger partial charge in [0.1, 0.15) is 5.75 Å². The van der Waals surface area contributed by atoms with Crippen molar-refractivity contribution in [2.24, 2.45) is 5.14 Å². The summed E-state index contributed by atoms with van der Waals surface area (Å²) >= 11 is 0. The molecule has 1 aromatic rings. The van der Waals surface area contributed by atoms with Crippen LogP contribution in [0.25, 0.3) is 0 Å². The van der Waals surface area contributed by atoms with Crippen LogP contribution in [0.3, 0.4) is 0 Å². The van der Waals surface area contributed by atoms with Crippen molar-refractivity contribution in [1.29, 1.82) is 0 Å². The molecular weight excluding hydrogens is 178 g/mol. The van der Waals surface area contributed by atoms with E-state index in [1.165, 1.54) is 0 Å². The van der Waals surface area contributed by atoms with Crippen LogP contribution in [0.1, 0.15) is 12.6 Å². The van der Waals surface area contributed by atoms with Crippen LogP contribution in [0.2, 0.25) is 0 Å². The van der Waals surface area contributed by atoms with Crippen LogP contribution in [0.4, 0.5) is 0 Å². The van der Waals surface area contributed by atoms with Crippen molar-refractivity contribution in [3.8, 4) is 0 Å². The number of nitrogens with two attached hydrogens (primary N) is 1. The quantitative estimate of drug-likeness (QED) is 0.708. The normalized spacial score (nSPS) is 11.8. The predicted molar refractivity (Wildman–Crippen MR) is 44.7 cm³/mol. The van der Waals surface area contributed by atoms with Crippen molar-refractivity contribution < 1.29 is 8.42 Å². The minimum Gasteiger partial charge on any atom is -0.269 e. The summed E-state index contributed by atoms with van der Waals surface area (Å²) in [5.74, 6) is -0.152. The van der Waals surface area contributed by atoms with Gasteiger partial charge in [-0.2, -0.15) is 5.10 Å². The topological polar surface area (TPSA) is 78.0 Å². The molecular formula is C6H11N3O2S. The zero-order valence-electron chi connectivity index (χ0n) is 6.77. The fourth-order valence-corrected chi connectivity index (χ4v) is 1.63. The summed E-state index contributed by atoms with van der Waals surface area (Å²) in [4.78, 5) is 0. The Hall–Kier alpha value is -0.880. The van der Waals surface area contributed by atoms with E-state index in [9.17, 15) is 8.42 Å². The molecule has 2 N–H and O–H groups in total. The number of hydrogen-bond acceptors (Lipinski definition) is 3. The fraction of sp³-hybridized carbons (Fsp3) is 0.500. The first kappa shape index (κ1) is 9.21. The number of aryl methyl sites for hydroxylation is 1. The molecule has 0 amide bonds. The second-order valence-electron chi connectivity index (χ2n) is 2.45. The Morgan fingerprint density at radius 1 is 1.67 bits per heavy atom. The van der Waals surface area contributed by atoms with Gasteiger partial charge in [-0.15, -0.1) is 0 Å². The van der Waals surface area contributed by atoms with Gasteiger partial charge in [-0.05, 0) is 13.0 Å². The second kappa shape index (κ2) is 3.24. The molecule has 5 nitrogen and oxygen atoms in total. The van der Waals surface area contributed by atoms with Crippen molar-refractivity contribution in [2.45, 2.75) is 19.2 Å². The monoisotopic (exact) mass is 189 g/mol. The van der Waals surface area contributed by atoms with E-state index in [1.807, 2.05) is 6.92 Å². The Kier molecular flexibility index (Phi) is 2.49. The van der Waals surface area contributed by atoms with E-state index in [2.05, 4.69) is 5.10 Å². The maximum Gasteiger partial charge on any atom is 0.214 e.